The van der Waals surface area contributed by atoms with Crippen LogP contribution in [0.15, 0.2) is 18.2 Å². The van der Waals surface area contributed by atoms with Gasteiger partial charge in [-0.25, -0.2) is 9.00 Å². The summed E-state index contributed by atoms with van der Waals surface area (Å²) in [5.41, 5.74) is 0.632. The summed E-state index contributed by atoms with van der Waals surface area (Å²) in [4.78, 5) is 24.7. The number of carbonyl (C=O) groups excluding carboxylic acids is 1. The number of hydrogen-bond donors (Lipinski definition) is 4. The Morgan fingerprint density at radius 2 is 2.10 bits per heavy atom. The van der Waals surface area contributed by atoms with E-state index in [2.05, 4.69) is 9.71 Å². The van der Waals surface area contributed by atoms with Gasteiger partial charge in [0.2, 0.25) is 11.2 Å². The molecule has 2 aromatic rings. The summed E-state index contributed by atoms with van der Waals surface area (Å²) < 4.78 is 15.1. The molecule has 4 N–H and O–H groups in total. The average Bonchev–Trinajstić information content (AvgIpc) is 2.91. The predicted octanol–water partition coefficient (Wildman–Crippen LogP) is 0.0866. The monoisotopic (exact) mass is 295 g/mol. The van der Waals surface area contributed by atoms with Gasteiger partial charge in [0, 0.05) is 10.9 Å². The first kappa shape index (κ1) is 12.5. The van der Waals surface area contributed by atoms with Gasteiger partial charge < -0.3 is 15.2 Å². The molecule has 1 amide bonds. The number of aromatic hydroxyl groups is 1. The molecule has 0 radical (unpaired) electrons. The molecule has 1 saturated heterocycles. The van der Waals surface area contributed by atoms with Gasteiger partial charge in [-0.05, 0) is 18.2 Å². The first-order valence-corrected chi connectivity index (χ1v) is 6.64. The van der Waals surface area contributed by atoms with Gasteiger partial charge in [-0.2, -0.15) is 0 Å². The molecule has 1 aromatic carbocycles. The highest BCUT2D eigenvalue weighted by atomic mass is 32.2. The van der Waals surface area contributed by atoms with E-state index >= 15 is 0 Å². The summed E-state index contributed by atoms with van der Waals surface area (Å²) in [5, 5.41) is 19.4. The van der Waals surface area contributed by atoms with Gasteiger partial charge in [0.15, 0.2) is 0 Å². The van der Waals surface area contributed by atoms with E-state index in [-0.39, 0.29) is 23.7 Å². The second-order valence-corrected chi connectivity index (χ2v) is 5.37. The molecule has 2 heterocycles. The lowest BCUT2D eigenvalue weighted by molar-refractivity contribution is -0.117. The van der Waals surface area contributed by atoms with E-state index in [1.54, 1.807) is 0 Å². The van der Waals surface area contributed by atoms with Crippen LogP contribution in [-0.2, 0) is 16.0 Å². The maximum atomic E-state index is 11.7. The SMILES string of the molecule is O=C1CN(c2cc3[nH]c(C(=O)O)cc3cc2O)S(=O)N1. The van der Waals surface area contributed by atoms with E-state index < -0.39 is 23.0 Å². The van der Waals surface area contributed by atoms with Crippen molar-refractivity contribution in [2.75, 3.05) is 10.8 Å². The fourth-order valence-corrected chi connectivity index (χ4v) is 2.95. The van der Waals surface area contributed by atoms with Crippen molar-refractivity contribution < 1.29 is 24.0 Å². The minimum atomic E-state index is -1.75. The number of phenols is 1. The summed E-state index contributed by atoms with van der Waals surface area (Å²) in [7, 11) is 0. The van der Waals surface area contributed by atoms with Gasteiger partial charge >= 0.3 is 5.97 Å². The summed E-state index contributed by atoms with van der Waals surface area (Å²) >= 11 is -1.75. The number of benzene rings is 1. The summed E-state index contributed by atoms with van der Waals surface area (Å²) in [6.45, 7) is -0.141. The normalized spacial score (nSPS) is 18.5. The number of phenolic OH excluding ortho intramolecular Hbond substituents is 1. The van der Waals surface area contributed by atoms with Crippen molar-refractivity contribution in [2.24, 2.45) is 0 Å². The molecule has 3 rings (SSSR count). The third-order valence-electron chi connectivity index (χ3n) is 2.90. The fraction of sp³-hybridized carbons (Fsp3) is 0.0909. The lowest BCUT2D eigenvalue weighted by atomic mass is 10.2. The number of anilines is 1. The van der Waals surface area contributed by atoms with Crippen molar-refractivity contribution in [3.8, 4) is 5.75 Å². The third-order valence-corrected chi connectivity index (χ3v) is 4.03. The van der Waals surface area contributed by atoms with Gasteiger partial charge in [-0.1, -0.05) is 0 Å². The molecule has 0 aliphatic carbocycles. The van der Waals surface area contributed by atoms with Crippen LogP contribution in [0, 0.1) is 0 Å². The molecule has 0 bridgehead atoms. The van der Waals surface area contributed by atoms with Crippen LogP contribution < -0.4 is 9.03 Å². The molecule has 20 heavy (non-hydrogen) atoms. The maximum absolute atomic E-state index is 11.7. The molecule has 1 fully saturated rings. The lowest BCUT2D eigenvalue weighted by Crippen LogP contribution is -2.22. The van der Waals surface area contributed by atoms with Crippen molar-refractivity contribution in [3.05, 3.63) is 23.9 Å². The second kappa shape index (κ2) is 4.23. The Kier molecular flexibility index (Phi) is 2.64. The molecule has 1 aromatic heterocycles. The Bertz CT molecular complexity index is 769. The van der Waals surface area contributed by atoms with Gasteiger partial charge in [0.05, 0.1) is 5.69 Å². The number of carbonyl (C=O) groups is 2. The molecule has 0 saturated carbocycles. The Morgan fingerprint density at radius 1 is 1.35 bits per heavy atom. The highest BCUT2D eigenvalue weighted by molar-refractivity contribution is 7.85. The molecule has 1 atom stereocenters. The third kappa shape index (κ3) is 1.88. The van der Waals surface area contributed by atoms with E-state index in [4.69, 9.17) is 5.11 Å². The topological polar surface area (TPSA) is 123 Å². The smallest absolute Gasteiger partial charge is 0.352 e. The molecule has 8 nitrogen and oxygen atoms in total. The highest BCUT2D eigenvalue weighted by Crippen LogP contribution is 2.34. The van der Waals surface area contributed by atoms with E-state index in [1.165, 1.54) is 22.5 Å². The number of carboxylic acids is 1. The molecule has 1 aliphatic rings. The quantitative estimate of drug-likeness (QED) is 0.625. The van der Waals surface area contributed by atoms with Gasteiger partial charge in [-0.15, -0.1) is 0 Å². The van der Waals surface area contributed by atoms with E-state index in [0.717, 1.165) is 0 Å². The van der Waals surface area contributed by atoms with E-state index in [9.17, 15) is 18.9 Å². The van der Waals surface area contributed by atoms with Crippen molar-refractivity contribution >= 4 is 39.6 Å². The average molecular weight is 295 g/mol. The lowest BCUT2D eigenvalue weighted by Gasteiger charge is -2.15. The van der Waals surface area contributed by atoms with Crippen molar-refractivity contribution in [3.63, 3.8) is 0 Å². The van der Waals surface area contributed by atoms with E-state index in [1.807, 2.05) is 0 Å². The molecular weight excluding hydrogens is 286 g/mol. The van der Waals surface area contributed by atoms with Crippen LogP contribution in [-0.4, -0.2) is 37.8 Å². The van der Waals surface area contributed by atoms with Crippen molar-refractivity contribution in [2.45, 2.75) is 0 Å². The summed E-state index contributed by atoms with van der Waals surface area (Å²) in [6.07, 6.45) is 0. The van der Waals surface area contributed by atoms with Gasteiger partial charge in [0.1, 0.15) is 18.0 Å². The number of aromatic nitrogens is 1. The number of hydrogen-bond acceptors (Lipinski definition) is 4. The predicted molar refractivity (Wildman–Crippen MR) is 70.6 cm³/mol. The minimum absolute atomic E-state index is 0.0201. The number of H-pyrrole nitrogens is 1. The van der Waals surface area contributed by atoms with Crippen LogP contribution >= 0.6 is 0 Å². The Labute approximate surface area is 114 Å². The van der Waals surface area contributed by atoms with Crippen molar-refractivity contribution in [1.82, 2.24) is 9.71 Å². The number of rotatable bonds is 2. The standard InChI is InChI=1S/C11H9N3O5S/c15-9-2-5-1-7(11(17)18)12-6(5)3-8(9)14-4-10(16)13-20(14)19/h1-3,12,15H,4H2,(H,13,16)(H,17,18). The zero-order chi connectivity index (χ0) is 14.4. The number of fused-ring (bicyclic) bond motifs is 1. The van der Waals surface area contributed by atoms with Crippen LogP contribution in [0.2, 0.25) is 0 Å². The van der Waals surface area contributed by atoms with Crippen LogP contribution in [0.4, 0.5) is 5.69 Å². The summed E-state index contributed by atoms with van der Waals surface area (Å²) in [5.74, 6) is -1.72. The molecule has 1 aliphatic heterocycles. The number of nitrogens with zero attached hydrogens (tertiary/aromatic N) is 1. The number of aromatic amines is 1. The molecule has 0 spiro atoms. The zero-order valence-corrected chi connectivity index (χ0v) is 10.7. The molecular formula is C11H9N3O5S. The summed E-state index contributed by atoms with van der Waals surface area (Å²) in [6, 6.07) is 4.19. The molecule has 1 unspecified atom stereocenters. The fourth-order valence-electron chi connectivity index (χ4n) is 2.02. The number of amides is 1. The Hall–Kier alpha value is -2.55. The first-order chi connectivity index (χ1) is 9.45. The highest BCUT2D eigenvalue weighted by Gasteiger charge is 2.29. The second-order valence-electron chi connectivity index (χ2n) is 4.23. The number of carboxylic acid groups (broad SMARTS) is 1. The molecule has 104 valence electrons. The van der Waals surface area contributed by atoms with Gasteiger partial charge in [0.25, 0.3) is 5.91 Å². The van der Waals surface area contributed by atoms with Gasteiger partial charge in [-0.3, -0.25) is 13.8 Å². The van der Waals surface area contributed by atoms with Crippen LogP contribution in [0.1, 0.15) is 10.5 Å². The van der Waals surface area contributed by atoms with Crippen LogP contribution in [0.3, 0.4) is 0 Å². The molecule has 9 heteroatoms. The zero-order valence-electron chi connectivity index (χ0n) is 9.91. The first-order valence-electron chi connectivity index (χ1n) is 5.53. The number of aromatic carboxylic acids is 1. The largest absolute Gasteiger partial charge is 0.506 e. The maximum Gasteiger partial charge on any atom is 0.352 e. The Morgan fingerprint density at radius 3 is 2.70 bits per heavy atom. The minimum Gasteiger partial charge on any atom is -0.506 e. The van der Waals surface area contributed by atoms with Crippen molar-refractivity contribution in [1.29, 1.82) is 0 Å². The van der Waals surface area contributed by atoms with Crippen LogP contribution in [0.25, 0.3) is 10.9 Å². The Balaban J connectivity index is 2.12. The number of nitrogens with one attached hydrogen (secondary N) is 2. The van der Waals surface area contributed by atoms with E-state index in [0.29, 0.717) is 10.9 Å². The van der Waals surface area contributed by atoms with Crippen LogP contribution in [0.5, 0.6) is 5.75 Å².